The van der Waals surface area contributed by atoms with Crippen molar-refractivity contribution in [2.24, 2.45) is 7.05 Å². The van der Waals surface area contributed by atoms with Crippen LogP contribution in [0.3, 0.4) is 0 Å². The Morgan fingerprint density at radius 3 is 2.88 bits per heavy atom. The molecule has 5 heteroatoms. The molecule has 0 aliphatic heterocycles. The van der Waals surface area contributed by atoms with Gasteiger partial charge < -0.3 is 5.73 Å². The number of aromatic nitrogens is 3. The minimum Gasteiger partial charge on any atom is -0.394 e. The highest BCUT2D eigenvalue weighted by molar-refractivity contribution is 5.59. The van der Waals surface area contributed by atoms with E-state index in [9.17, 15) is 0 Å². The van der Waals surface area contributed by atoms with Crippen molar-refractivity contribution in [1.82, 2.24) is 14.3 Å². The number of anilines is 1. The molecule has 0 amide bonds. The van der Waals surface area contributed by atoms with Gasteiger partial charge in [0.2, 0.25) is 0 Å². The number of nitrogens with two attached hydrogens (primary N) is 1. The Bertz CT molecular complexity index is 555. The third-order valence-corrected chi connectivity index (χ3v) is 2.56. The van der Waals surface area contributed by atoms with E-state index in [1.807, 2.05) is 26.2 Å². The zero-order valence-electron chi connectivity index (χ0n) is 9.31. The van der Waals surface area contributed by atoms with Gasteiger partial charge in [-0.05, 0) is 18.6 Å². The van der Waals surface area contributed by atoms with Crippen molar-refractivity contribution < 1.29 is 0 Å². The van der Waals surface area contributed by atoms with E-state index in [4.69, 9.17) is 11.0 Å². The zero-order chi connectivity index (χ0) is 11.7. The van der Waals surface area contributed by atoms with Gasteiger partial charge in [0, 0.05) is 13.2 Å². The minimum absolute atomic E-state index is 0.553. The summed E-state index contributed by atoms with van der Waals surface area (Å²) in [6, 6.07) is 5.69. The number of hydrogen-bond donors (Lipinski definition) is 1. The number of nitriles is 1. The lowest BCUT2D eigenvalue weighted by Gasteiger charge is -2.05. The van der Waals surface area contributed by atoms with Crippen molar-refractivity contribution in [3.05, 3.63) is 29.7 Å². The summed E-state index contributed by atoms with van der Waals surface area (Å²) >= 11 is 0. The topological polar surface area (TPSA) is 72.6 Å². The second-order valence-corrected chi connectivity index (χ2v) is 3.54. The summed E-state index contributed by atoms with van der Waals surface area (Å²) < 4.78 is 3.45. The van der Waals surface area contributed by atoms with Crippen LogP contribution >= 0.6 is 0 Å². The number of hydrogen-bond acceptors (Lipinski definition) is 3. The SMILES string of the molecule is CCc1nn(C)c(-n2cccc2C#N)c1N. The van der Waals surface area contributed by atoms with Crippen LogP contribution in [0.1, 0.15) is 18.3 Å². The van der Waals surface area contributed by atoms with Crippen LogP contribution in [0.5, 0.6) is 0 Å². The van der Waals surface area contributed by atoms with E-state index >= 15 is 0 Å². The Morgan fingerprint density at radius 1 is 1.56 bits per heavy atom. The van der Waals surface area contributed by atoms with Crippen molar-refractivity contribution in [2.75, 3.05) is 5.73 Å². The summed E-state index contributed by atoms with van der Waals surface area (Å²) in [5.41, 5.74) is 8.06. The van der Waals surface area contributed by atoms with Crippen LogP contribution in [0.2, 0.25) is 0 Å². The molecular formula is C11H13N5. The average Bonchev–Trinajstić information content (AvgIpc) is 2.83. The smallest absolute Gasteiger partial charge is 0.159 e. The fraction of sp³-hybridized carbons (Fsp3) is 0.273. The van der Waals surface area contributed by atoms with Crippen LogP contribution < -0.4 is 5.73 Å². The molecule has 2 N–H and O–H groups in total. The van der Waals surface area contributed by atoms with E-state index in [0.29, 0.717) is 11.4 Å². The molecule has 0 fully saturated rings. The number of nitrogens with zero attached hydrogens (tertiary/aromatic N) is 4. The highest BCUT2D eigenvalue weighted by Crippen LogP contribution is 2.22. The van der Waals surface area contributed by atoms with Crippen LogP contribution in [-0.2, 0) is 13.5 Å². The standard InChI is InChI=1S/C11H13N5/c1-3-9-10(13)11(15(2)14-9)16-6-4-5-8(16)7-12/h4-6H,3,13H2,1-2H3. The zero-order valence-corrected chi connectivity index (χ0v) is 9.31. The average molecular weight is 215 g/mol. The molecule has 0 atom stereocenters. The summed E-state index contributed by atoms with van der Waals surface area (Å²) in [4.78, 5) is 0. The first-order chi connectivity index (χ1) is 7.69. The van der Waals surface area contributed by atoms with Crippen molar-refractivity contribution in [3.63, 3.8) is 0 Å². The van der Waals surface area contributed by atoms with Gasteiger partial charge in [-0.25, -0.2) is 4.68 Å². The molecule has 0 radical (unpaired) electrons. The van der Waals surface area contributed by atoms with Crippen molar-refractivity contribution >= 4 is 5.69 Å². The first kappa shape index (κ1) is 10.3. The van der Waals surface area contributed by atoms with Gasteiger partial charge in [0.25, 0.3) is 0 Å². The third-order valence-electron chi connectivity index (χ3n) is 2.56. The highest BCUT2D eigenvalue weighted by atomic mass is 15.3. The molecule has 0 aliphatic rings. The summed E-state index contributed by atoms with van der Waals surface area (Å²) in [6.07, 6.45) is 2.59. The normalized spacial score (nSPS) is 10.3. The predicted octanol–water partition coefficient (Wildman–Crippen LogP) is 1.23. The Kier molecular flexibility index (Phi) is 2.41. The summed E-state index contributed by atoms with van der Waals surface area (Å²) in [6.45, 7) is 2.00. The van der Waals surface area contributed by atoms with Crippen LogP contribution in [0, 0.1) is 11.3 Å². The van der Waals surface area contributed by atoms with E-state index in [-0.39, 0.29) is 0 Å². The lowest BCUT2D eigenvalue weighted by molar-refractivity contribution is 0.715. The van der Waals surface area contributed by atoms with E-state index < -0.39 is 0 Å². The van der Waals surface area contributed by atoms with Gasteiger partial charge in [-0.15, -0.1) is 0 Å². The maximum atomic E-state index is 8.97. The monoisotopic (exact) mass is 215 g/mol. The summed E-state index contributed by atoms with van der Waals surface area (Å²) in [5.74, 6) is 0.749. The molecule has 2 rings (SSSR count). The van der Waals surface area contributed by atoms with Crippen LogP contribution in [0.25, 0.3) is 5.82 Å². The second kappa shape index (κ2) is 3.74. The highest BCUT2D eigenvalue weighted by Gasteiger charge is 2.15. The van der Waals surface area contributed by atoms with Crippen molar-refractivity contribution in [1.29, 1.82) is 5.26 Å². The van der Waals surface area contributed by atoms with Gasteiger partial charge >= 0.3 is 0 Å². The Hall–Kier alpha value is -2.22. The molecule has 2 heterocycles. The van der Waals surface area contributed by atoms with E-state index in [0.717, 1.165) is 17.9 Å². The van der Waals surface area contributed by atoms with Crippen LogP contribution in [0.4, 0.5) is 5.69 Å². The Labute approximate surface area is 93.7 Å². The maximum Gasteiger partial charge on any atom is 0.159 e. The number of aryl methyl sites for hydroxylation is 2. The van der Waals surface area contributed by atoms with Crippen LogP contribution in [-0.4, -0.2) is 14.3 Å². The number of nitrogen functional groups attached to an aromatic ring is 1. The van der Waals surface area contributed by atoms with Crippen molar-refractivity contribution in [2.45, 2.75) is 13.3 Å². The molecule has 0 saturated carbocycles. The molecule has 2 aromatic heterocycles. The molecule has 16 heavy (non-hydrogen) atoms. The molecule has 0 spiro atoms. The molecule has 0 saturated heterocycles. The Balaban J connectivity index is 2.65. The van der Waals surface area contributed by atoms with E-state index in [1.165, 1.54) is 0 Å². The molecule has 0 aliphatic carbocycles. The quantitative estimate of drug-likeness (QED) is 0.818. The molecule has 5 nitrogen and oxygen atoms in total. The van der Waals surface area contributed by atoms with Gasteiger partial charge in [-0.3, -0.25) is 4.57 Å². The second-order valence-electron chi connectivity index (χ2n) is 3.54. The first-order valence-electron chi connectivity index (χ1n) is 5.08. The fourth-order valence-corrected chi connectivity index (χ4v) is 1.79. The molecule has 82 valence electrons. The molecule has 2 aromatic rings. The van der Waals surface area contributed by atoms with E-state index in [2.05, 4.69) is 11.2 Å². The van der Waals surface area contributed by atoms with E-state index in [1.54, 1.807) is 15.3 Å². The van der Waals surface area contributed by atoms with Gasteiger partial charge in [0.1, 0.15) is 11.8 Å². The predicted molar refractivity (Wildman–Crippen MR) is 61.0 cm³/mol. The Morgan fingerprint density at radius 2 is 2.31 bits per heavy atom. The summed E-state index contributed by atoms with van der Waals surface area (Å²) in [5, 5.41) is 13.3. The minimum atomic E-state index is 0.553. The van der Waals surface area contributed by atoms with Gasteiger partial charge in [-0.1, -0.05) is 6.92 Å². The molecule has 0 aromatic carbocycles. The lowest BCUT2D eigenvalue weighted by atomic mass is 10.3. The molecule has 0 unspecified atom stereocenters. The van der Waals surface area contributed by atoms with Gasteiger partial charge in [-0.2, -0.15) is 10.4 Å². The molecule has 0 bridgehead atoms. The van der Waals surface area contributed by atoms with Gasteiger partial charge in [0.15, 0.2) is 5.82 Å². The lowest BCUT2D eigenvalue weighted by Crippen LogP contribution is -2.05. The number of rotatable bonds is 2. The summed E-state index contributed by atoms with van der Waals surface area (Å²) in [7, 11) is 1.83. The van der Waals surface area contributed by atoms with Gasteiger partial charge in [0.05, 0.1) is 11.4 Å². The van der Waals surface area contributed by atoms with Crippen LogP contribution in [0.15, 0.2) is 18.3 Å². The molecular weight excluding hydrogens is 202 g/mol. The first-order valence-corrected chi connectivity index (χ1v) is 5.08. The fourth-order valence-electron chi connectivity index (χ4n) is 1.79. The van der Waals surface area contributed by atoms with Crippen molar-refractivity contribution in [3.8, 4) is 11.9 Å². The largest absolute Gasteiger partial charge is 0.394 e. The third kappa shape index (κ3) is 1.36. The maximum absolute atomic E-state index is 8.97.